The number of pyridine rings is 1. The molecule has 0 amide bonds. The zero-order valence-electron chi connectivity index (χ0n) is 11.1. The average molecular weight is 287 g/mol. The van der Waals surface area contributed by atoms with Crippen molar-refractivity contribution in [2.24, 2.45) is 7.05 Å². The fourth-order valence-electron chi connectivity index (χ4n) is 2.05. The number of imidazole rings is 1. The number of sulfone groups is 1. The Balaban J connectivity index is 2.06. The molecule has 3 aromatic rings. The van der Waals surface area contributed by atoms with Crippen LogP contribution in [0.25, 0.3) is 22.3 Å². The number of aryl methyl sites for hydroxylation is 1. The van der Waals surface area contributed by atoms with Crippen LogP contribution in [0.15, 0.2) is 47.8 Å². The lowest BCUT2D eigenvalue weighted by Gasteiger charge is -2.03. The largest absolute Gasteiger partial charge is 0.332 e. The van der Waals surface area contributed by atoms with Crippen LogP contribution in [-0.2, 0) is 16.9 Å². The minimum atomic E-state index is -3.17. The second kappa shape index (κ2) is 4.42. The summed E-state index contributed by atoms with van der Waals surface area (Å²) in [6.45, 7) is 0. The Morgan fingerprint density at radius 3 is 2.45 bits per heavy atom. The second-order valence-corrected chi connectivity index (χ2v) is 6.73. The third kappa shape index (κ3) is 2.18. The number of hydrogen-bond donors (Lipinski definition) is 0. The predicted molar refractivity (Wildman–Crippen MR) is 77.1 cm³/mol. The highest BCUT2D eigenvalue weighted by molar-refractivity contribution is 7.90. The van der Waals surface area contributed by atoms with Crippen LogP contribution in [0.4, 0.5) is 0 Å². The van der Waals surface area contributed by atoms with E-state index in [9.17, 15) is 8.42 Å². The highest BCUT2D eigenvalue weighted by Crippen LogP contribution is 2.22. The topological polar surface area (TPSA) is 64.8 Å². The van der Waals surface area contributed by atoms with Crippen LogP contribution in [-0.4, -0.2) is 29.2 Å². The fourth-order valence-corrected chi connectivity index (χ4v) is 2.68. The molecule has 0 aliphatic rings. The number of benzene rings is 1. The highest BCUT2D eigenvalue weighted by Gasteiger charge is 2.08. The predicted octanol–water partition coefficient (Wildman–Crippen LogP) is 2.04. The van der Waals surface area contributed by atoms with Crippen LogP contribution in [0, 0.1) is 0 Å². The van der Waals surface area contributed by atoms with E-state index in [4.69, 9.17) is 0 Å². The van der Waals surface area contributed by atoms with Crippen molar-refractivity contribution in [1.29, 1.82) is 0 Å². The quantitative estimate of drug-likeness (QED) is 0.723. The molecule has 3 rings (SSSR count). The van der Waals surface area contributed by atoms with Crippen molar-refractivity contribution in [2.45, 2.75) is 4.90 Å². The van der Waals surface area contributed by atoms with E-state index in [2.05, 4.69) is 9.97 Å². The van der Waals surface area contributed by atoms with E-state index in [-0.39, 0.29) is 0 Å². The SMILES string of the molecule is Cn1cnc2cc(-c3ccc(S(C)(=O)=O)cc3)ncc21. The summed E-state index contributed by atoms with van der Waals surface area (Å²) >= 11 is 0. The van der Waals surface area contributed by atoms with Crippen LogP contribution < -0.4 is 0 Å². The van der Waals surface area contributed by atoms with Crippen LogP contribution in [0.2, 0.25) is 0 Å². The summed E-state index contributed by atoms with van der Waals surface area (Å²) in [5.74, 6) is 0. The van der Waals surface area contributed by atoms with Crippen molar-refractivity contribution in [1.82, 2.24) is 14.5 Å². The maximum Gasteiger partial charge on any atom is 0.175 e. The Kier molecular flexibility index (Phi) is 2.83. The fraction of sp³-hybridized carbons (Fsp3) is 0.143. The van der Waals surface area contributed by atoms with Gasteiger partial charge >= 0.3 is 0 Å². The third-order valence-electron chi connectivity index (χ3n) is 3.19. The zero-order chi connectivity index (χ0) is 14.3. The van der Waals surface area contributed by atoms with Gasteiger partial charge in [-0.05, 0) is 18.2 Å². The molecule has 0 spiro atoms. The van der Waals surface area contributed by atoms with Gasteiger partial charge in [-0.2, -0.15) is 0 Å². The van der Waals surface area contributed by atoms with E-state index in [0.29, 0.717) is 4.90 Å². The van der Waals surface area contributed by atoms with E-state index < -0.39 is 9.84 Å². The van der Waals surface area contributed by atoms with Crippen LogP contribution in [0.5, 0.6) is 0 Å². The van der Waals surface area contributed by atoms with Gasteiger partial charge in [0.1, 0.15) is 0 Å². The first-order valence-corrected chi connectivity index (χ1v) is 7.92. The number of fused-ring (bicyclic) bond motifs is 1. The number of hydrogen-bond acceptors (Lipinski definition) is 4. The Morgan fingerprint density at radius 1 is 1.10 bits per heavy atom. The Bertz CT molecular complexity index is 880. The van der Waals surface area contributed by atoms with Crippen molar-refractivity contribution < 1.29 is 8.42 Å². The maximum atomic E-state index is 11.4. The molecular formula is C14H13N3O2S. The minimum absolute atomic E-state index is 0.306. The summed E-state index contributed by atoms with van der Waals surface area (Å²) in [4.78, 5) is 8.99. The molecule has 6 heteroatoms. The number of aromatic nitrogens is 3. The molecule has 0 radical (unpaired) electrons. The van der Waals surface area contributed by atoms with E-state index in [1.165, 1.54) is 6.26 Å². The summed E-state index contributed by atoms with van der Waals surface area (Å²) in [7, 11) is -1.25. The second-order valence-electron chi connectivity index (χ2n) is 4.71. The lowest BCUT2D eigenvalue weighted by atomic mass is 10.1. The molecule has 0 atom stereocenters. The van der Waals surface area contributed by atoms with Crippen LogP contribution >= 0.6 is 0 Å². The van der Waals surface area contributed by atoms with Gasteiger partial charge in [0, 0.05) is 18.9 Å². The Morgan fingerprint density at radius 2 is 1.80 bits per heavy atom. The minimum Gasteiger partial charge on any atom is -0.332 e. The van der Waals surface area contributed by atoms with Gasteiger partial charge in [0.2, 0.25) is 0 Å². The molecule has 0 N–H and O–H groups in total. The lowest BCUT2D eigenvalue weighted by molar-refractivity contribution is 0.602. The van der Waals surface area contributed by atoms with Crippen molar-refractivity contribution >= 4 is 20.9 Å². The molecule has 0 saturated heterocycles. The first-order valence-electron chi connectivity index (χ1n) is 6.03. The lowest BCUT2D eigenvalue weighted by Crippen LogP contribution is -1.96. The average Bonchev–Trinajstić information content (AvgIpc) is 2.79. The Labute approximate surface area is 116 Å². The number of nitrogens with zero attached hydrogens (tertiary/aromatic N) is 3. The van der Waals surface area contributed by atoms with Crippen molar-refractivity contribution in [3.05, 3.63) is 42.9 Å². The molecule has 0 aliphatic heterocycles. The molecule has 0 unspecified atom stereocenters. The summed E-state index contributed by atoms with van der Waals surface area (Å²) in [5.41, 5.74) is 3.47. The molecule has 0 fully saturated rings. The van der Waals surface area contributed by atoms with Crippen molar-refractivity contribution in [2.75, 3.05) is 6.26 Å². The molecule has 20 heavy (non-hydrogen) atoms. The van der Waals surface area contributed by atoms with E-state index in [1.807, 2.05) is 17.7 Å². The van der Waals surface area contributed by atoms with Gasteiger partial charge in [-0.15, -0.1) is 0 Å². The van der Waals surface area contributed by atoms with Gasteiger partial charge < -0.3 is 4.57 Å². The third-order valence-corrected chi connectivity index (χ3v) is 4.32. The van der Waals surface area contributed by atoms with Gasteiger partial charge in [-0.25, -0.2) is 13.4 Å². The molecule has 2 aromatic heterocycles. The van der Waals surface area contributed by atoms with Crippen molar-refractivity contribution in [3.63, 3.8) is 0 Å². The van der Waals surface area contributed by atoms with E-state index in [0.717, 1.165) is 22.3 Å². The molecular weight excluding hydrogens is 274 g/mol. The summed E-state index contributed by atoms with van der Waals surface area (Å²) < 4.78 is 24.8. The summed E-state index contributed by atoms with van der Waals surface area (Å²) in [6.07, 6.45) is 4.70. The van der Waals surface area contributed by atoms with Crippen LogP contribution in [0.1, 0.15) is 0 Å². The normalized spacial score (nSPS) is 11.9. The standard InChI is InChI=1S/C14H13N3O2S/c1-17-9-16-13-7-12(15-8-14(13)17)10-3-5-11(6-4-10)20(2,18)19/h3-9H,1-2H3. The Hall–Kier alpha value is -2.21. The summed E-state index contributed by atoms with van der Waals surface area (Å²) in [6, 6.07) is 8.59. The summed E-state index contributed by atoms with van der Waals surface area (Å²) in [5, 5.41) is 0. The van der Waals surface area contributed by atoms with Crippen molar-refractivity contribution in [3.8, 4) is 11.3 Å². The van der Waals surface area contributed by atoms with Gasteiger partial charge in [0.15, 0.2) is 9.84 Å². The van der Waals surface area contributed by atoms with E-state index in [1.54, 1.807) is 36.8 Å². The van der Waals surface area contributed by atoms with Gasteiger partial charge in [0.05, 0.1) is 34.1 Å². The zero-order valence-corrected chi connectivity index (χ0v) is 11.9. The molecule has 0 bridgehead atoms. The maximum absolute atomic E-state index is 11.4. The molecule has 2 heterocycles. The number of rotatable bonds is 2. The molecule has 102 valence electrons. The molecule has 5 nitrogen and oxygen atoms in total. The molecule has 1 aromatic carbocycles. The molecule has 0 saturated carbocycles. The monoisotopic (exact) mass is 287 g/mol. The van der Waals surface area contributed by atoms with Gasteiger partial charge in [-0.3, -0.25) is 4.98 Å². The van der Waals surface area contributed by atoms with E-state index >= 15 is 0 Å². The van der Waals surface area contributed by atoms with Crippen LogP contribution in [0.3, 0.4) is 0 Å². The first-order chi connectivity index (χ1) is 9.45. The smallest absolute Gasteiger partial charge is 0.175 e. The molecule has 0 aliphatic carbocycles. The first kappa shape index (κ1) is 12.8. The van der Waals surface area contributed by atoms with Gasteiger partial charge in [-0.1, -0.05) is 12.1 Å². The van der Waals surface area contributed by atoms with Gasteiger partial charge in [0.25, 0.3) is 0 Å². The highest BCUT2D eigenvalue weighted by atomic mass is 32.2.